The summed E-state index contributed by atoms with van der Waals surface area (Å²) in [6.07, 6.45) is 2.20. The molecule has 1 aromatic carbocycles. The van der Waals surface area contributed by atoms with Crippen LogP contribution >= 0.6 is 0 Å². The maximum absolute atomic E-state index is 12.7. The molecule has 1 saturated carbocycles. The summed E-state index contributed by atoms with van der Waals surface area (Å²) in [6.45, 7) is 10.4. The second-order valence-electron chi connectivity index (χ2n) is 7.68. The van der Waals surface area contributed by atoms with Crippen molar-refractivity contribution in [3.63, 3.8) is 0 Å². The Bertz CT molecular complexity index is 868. The highest BCUT2D eigenvalue weighted by Crippen LogP contribution is 2.59. The van der Waals surface area contributed by atoms with Gasteiger partial charge in [0, 0.05) is 0 Å². The zero-order valence-corrected chi connectivity index (χ0v) is 14.9. The van der Waals surface area contributed by atoms with Crippen LogP contribution in [0.2, 0.25) is 0 Å². The van der Waals surface area contributed by atoms with Gasteiger partial charge in [0.15, 0.2) is 0 Å². The van der Waals surface area contributed by atoms with Crippen LogP contribution in [0.25, 0.3) is 11.0 Å². The number of aromatic amines is 2. The molecule has 0 saturated heterocycles. The van der Waals surface area contributed by atoms with Crippen LogP contribution in [-0.2, 0) is 4.79 Å². The van der Waals surface area contributed by atoms with Crippen molar-refractivity contribution in [1.82, 2.24) is 15.3 Å². The number of nitrogens with one attached hydrogen (secondary N) is 3. The molecule has 1 heterocycles. The van der Waals surface area contributed by atoms with Crippen LogP contribution in [-0.4, -0.2) is 15.9 Å². The Morgan fingerprint density at radius 1 is 1.25 bits per heavy atom. The van der Waals surface area contributed by atoms with Crippen molar-refractivity contribution >= 4 is 16.9 Å². The molecule has 0 bridgehead atoms. The van der Waals surface area contributed by atoms with Gasteiger partial charge in [0.05, 0.1) is 23.0 Å². The molecule has 1 amide bonds. The summed E-state index contributed by atoms with van der Waals surface area (Å²) < 4.78 is 0. The van der Waals surface area contributed by atoms with Gasteiger partial charge in [-0.3, -0.25) is 4.79 Å². The molecule has 0 spiro atoms. The minimum Gasteiger partial charge on any atom is -0.349 e. The van der Waals surface area contributed by atoms with Crippen molar-refractivity contribution in [3.8, 4) is 0 Å². The second-order valence-corrected chi connectivity index (χ2v) is 7.68. The number of rotatable bonds is 4. The van der Waals surface area contributed by atoms with E-state index in [0.717, 1.165) is 16.6 Å². The summed E-state index contributed by atoms with van der Waals surface area (Å²) in [7, 11) is 0. The molecule has 1 aliphatic rings. The monoisotopic (exact) mass is 327 g/mol. The fraction of sp³-hybridized carbons (Fsp3) is 0.474. The number of aromatic nitrogens is 2. The highest BCUT2D eigenvalue weighted by molar-refractivity contribution is 5.84. The molecule has 5 heteroatoms. The second kappa shape index (κ2) is 5.65. The topological polar surface area (TPSA) is 77.8 Å². The lowest BCUT2D eigenvalue weighted by Gasteiger charge is -2.15. The van der Waals surface area contributed by atoms with E-state index in [4.69, 9.17) is 0 Å². The maximum Gasteiger partial charge on any atom is 0.323 e. The molecule has 2 aromatic rings. The van der Waals surface area contributed by atoms with Crippen LogP contribution in [0.5, 0.6) is 0 Å². The van der Waals surface area contributed by atoms with Gasteiger partial charge in [0.25, 0.3) is 0 Å². The third-order valence-electron chi connectivity index (χ3n) is 5.10. The molecule has 5 nitrogen and oxygen atoms in total. The highest BCUT2D eigenvalue weighted by atomic mass is 16.2. The number of carbonyl (C=O) groups is 1. The smallest absolute Gasteiger partial charge is 0.323 e. The molecule has 0 aliphatic heterocycles. The molecule has 0 radical (unpaired) electrons. The number of amides is 1. The Balaban J connectivity index is 1.74. The average Bonchev–Trinajstić information content (AvgIpc) is 2.83. The van der Waals surface area contributed by atoms with Crippen LogP contribution in [0.4, 0.5) is 0 Å². The Hall–Kier alpha value is -2.30. The molecule has 3 rings (SSSR count). The van der Waals surface area contributed by atoms with Crippen molar-refractivity contribution in [2.75, 3.05) is 0 Å². The molecule has 128 valence electrons. The number of H-pyrrole nitrogens is 2. The third-order valence-corrected chi connectivity index (χ3v) is 5.10. The predicted octanol–water partition coefficient (Wildman–Crippen LogP) is 3.27. The van der Waals surface area contributed by atoms with Gasteiger partial charge in [-0.15, -0.1) is 0 Å². The molecule has 3 N–H and O–H groups in total. The first-order valence-corrected chi connectivity index (χ1v) is 8.37. The lowest BCUT2D eigenvalue weighted by atomic mass is 10.1. The third kappa shape index (κ3) is 2.90. The summed E-state index contributed by atoms with van der Waals surface area (Å²) in [5.74, 6) is 0.418. The van der Waals surface area contributed by atoms with Gasteiger partial charge in [-0.1, -0.05) is 31.6 Å². The quantitative estimate of drug-likeness (QED) is 0.754. The highest BCUT2D eigenvalue weighted by Gasteiger charge is 2.60. The largest absolute Gasteiger partial charge is 0.349 e. The molecule has 1 aromatic heterocycles. The summed E-state index contributed by atoms with van der Waals surface area (Å²) in [5.41, 5.74) is 3.54. The van der Waals surface area contributed by atoms with Gasteiger partial charge >= 0.3 is 5.69 Å². The maximum atomic E-state index is 12.7. The summed E-state index contributed by atoms with van der Waals surface area (Å²) in [5, 5.41) is 3.12. The summed E-state index contributed by atoms with van der Waals surface area (Å²) in [6, 6.07) is 5.59. The SMILES string of the molecule is CC(C)=C[C@@H]1[C@H](C(=O)N[C@@H](C)c2ccc3[nH]c(=O)[nH]c3c2)C1(C)C. The van der Waals surface area contributed by atoms with Crippen molar-refractivity contribution in [2.24, 2.45) is 17.3 Å². The minimum atomic E-state index is -0.219. The number of allylic oxidation sites excluding steroid dienone is 2. The number of hydrogen-bond donors (Lipinski definition) is 3. The predicted molar refractivity (Wildman–Crippen MR) is 95.7 cm³/mol. The fourth-order valence-electron chi connectivity index (χ4n) is 3.55. The van der Waals surface area contributed by atoms with Gasteiger partial charge in [0.1, 0.15) is 0 Å². The Labute approximate surface area is 141 Å². The molecule has 1 aliphatic carbocycles. The van der Waals surface area contributed by atoms with E-state index in [1.807, 2.05) is 25.1 Å². The number of hydrogen-bond acceptors (Lipinski definition) is 2. The van der Waals surface area contributed by atoms with E-state index < -0.39 is 0 Å². The normalized spacial score (nSPS) is 22.9. The first-order chi connectivity index (χ1) is 11.2. The van der Waals surface area contributed by atoms with Crippen molar-refractivity contribution in [2.45, 2.75) is 40.7 Å². The molecule has 24 heavy (non-hydrogen) atoms. The first kappa shape index (κ1) is 16.6. The van der Waals surface area contributed by atoms with Crippen LogP contribution in [0, 0.1) is 17.3 Å². The van der Waals surface area contributed by atoms with Crippen molar-refractivity contribution in [3.05, 3.63) is 45.9 Å². The summed E-state index contributed by atoms with van der Waals surface area (Å²) in [4.78, 5) is 29.5. The Morgan fingerprint density at radius 3 is 2.58 bits per heavy atom. The van der Waals surface area contributed by atoms with Crippen LogP contribution in [0.1, 0.15) is 46.2 Å². The molecular formula is C19H25N3O2. The van der Waals surface area contributed by atoms with E-state index in [1.54, 1.807) is 0 Å². The van der Waals surface area contributed by atoms with Crippen molar-refractivity contribution in [1.29, 1.82) is 0 Å². The van der Waals surface area contributed by atoms with Gasteiger partial charge < -0.3 is 15.3 Å². The van der Waals surface area contributed by atoms with Gasteiger partial charge in [-0.05, 0) is 49.8 Å². The van der Waals surface area contributed by atoms with E-state index in [1.165, 1.54) is 5.57 Å². The molecule has 3 atom stereocenters. The zero-order chi connectivity index (χ0) is 17.6. The average molecular weight is 327 g/mol. The molecular weight excluding hydrogens is 302 g/mol. The minimum absolute atomic E-state index is 0.0108. The van der Waals surface area contributed by atoms with E-state index in [9.17, 15) is 9.59 Å². The molecule has 0 unspecified atom stereocenters. The lowest BCUT2D eigenvalue weighted by molar-refractivity contribution is -0.123. The van der Waals surface area contributed by atoms with Crippen LogP contribution in [0.3, 0.4) is 0 Å². The fourth-order valence-corrected chi connectivity index (χ4v) is 3.55. The molecule has 1 fully saturated rings. The van der Waals surface area contributed by atoms with E-state index in [2.05, 4.69) is 49.1 Å². The van der Waals surface area contributed by atoms with Crippen LogP contribution < -0.4 is 11.0 Å². The van der Waals surface area contributed by atoms with Crippen molar-refractivity contribution < 1.29 is 4.79 Å². The zero-order valence-electron chi connectivity index (χ0n) is 14.9. The Morgan fingerprint density at radius 2 is 1.92 bits per heavy atom. The van der Waals surface area contributed by atoms with E-state index in [-0.39, 0.29) is 29.0 Å². The number of benzene rings is 1. The van der Waals surface area contributed by atoms with Gasteiger partial charge in [-0.2, -0.15) is 0 Å². The van der Waals surface area contributed by atoms with E-state index in [0.29, 0.717) is 5.92 Å². The number of imidazole rings is 1. The first-order valence-electron chi connectivity index (χ1n) is 8.37. The number of carbonyl (C=O) groups excluding carboxylic acids is 1. The standard InChI is InChI=1S/C19H25N3O2/c1-10(2)8-13-16(19(13,4)5)17(23)20-11(3)12-6-7-14-15(9-12)22-18(24)21-14/h6-9,11,13,16H,1-5H3,(H,20,23)(H2,21,22,24)/t11-,13+,16+/m0/s1. The lowest BCUT2D eigenvalue weighted by Crippen LogP contribution is -2.29. The van der Waals surface area contributed by atoms with Gasteiger partial charge in [-0.25, -0.2) is 4.79 Å². The van der Waals surface area contributed by atoms with Crippen LogP contribution in [0.15, 0.2) is 34.6 Å². The summed E-state index contributed by atoms with van der Waals surface area (Å²) >= 11 is 0. The Kier molecular flexibility index (Phi) is 3.90. The number of fused-ring (bicyclic) bond motifs is 1. The van der Waals surface area contributed by atoms with Gasteiger partial charge in [0.2, 0.25) is 5.91 Å². The van der Waals surface area contributed by atoms with E-state index >= 15 is 0 Å².